The van der Waals surface area contributed by atoms with Crippen LogP contribution in [0.25, 0.3) is 16.6 Å². The van der Waals surface area contributed by atoms with Crippen LogP contribution in [0.15, 0.2) is 36.5 Å². The number of hydrogen-bond acceptors (Lipinski definition) is 1. The van der Waals surface area contributed by atoms with E-state index in [0.29, 0.717) is 0 Å². The minimum Gasteiger partial charge on any atom is -0.313 e. The molecule has 0 aliphatic carbocycles. The number of fused-ring (bicyclic) bond motifs is 3. The highest BCUT2D eigenvalue weighted by Gasteiger charge is 2.05. The Kier molecular flexibility index (Phi) is 1.60. The van der Waals surface area contributed by atoms with Gasteiger partial charge in [-0.3, -0.25) is 0 Å². The first-order chi connectivity index (χ1) is 7.27. The quantitative estimate of drug-likeness (QED) is 0.540. The van der Waals surface area contributed by atoms with Crippen molar-refractivity contribution in [2.24, 2.45) is 0 Å². The van der Waals surface area contributed by atoms with E-state index in [0.717, 1.165) is 11.2 Å². The van der Waals surface area contributed by atoms with Gasteiger partial charge in [-0.25, -0.2) is 4.98 Å². The summed E-state index contributed by atoms with van der Waals surface area (Å²) in [5, 5.41) is 0. The number of aromatic nitrogens is 2. The van der Waals surface area contributed by atoms with Crippen LogP contribution in [-0.2, 0) is 0 Å². The summed E-state index contributed by atoms with van der Waals surface area (Å²) in [4.78, 5) is 4.65. The highest BCUT2D eigenvalue weighted by Crippen LogP contribution is 2.20. The molecule has 15 heavy (non-hydrogen) atoms. The zero-order valence-electron chi connectivity index (χ0n) is 8.86. The van der Waals surface area contributed by atoms with Crippen molar-refractivity contribution < 1.29 is 0 Å². The van der Waals surface area contributed by atoms with Gasteiger partial charge in [-0.1, -0.05) is 12.1 Å². The third-order valence-corrected chi connectivity index (χ3v) is 2.87. The lowest BCUT2D eigenvalue weighted by Gasteiger charge is -2.06. The summed E-state index contributed by atoms with van der Waals surface area (Å²) in [6.07, 6.45) is 2.09. The van der Waals surface area contributed by atoms with Crippen molar-refractivity contribution in [3.63, 3.8) is 0 Å². The predicted octanol–water partition coefficient (Wildman–Crippen LogP) is 3.10. The Bertz CT molecular complexity index is 650. The molecule has 0 spiro atoms. The molecule has 0 aliphatic heterocycles. The molecular formula is C13H12N2. The molecule has 0 atom stereocenters. The van der Waals surface area contributed by atoms with E-state index < -0.39 is 0 Å². The molecule has 2 heteroatoms. The van der Waals surface area contributed by atoms with Crippen molar-refractivity contribution in [3.8, 4) is 0 Å². The first kappa shape index (κ1) is 8.48. The van der Waals surface area contributed by atoms with Crippen molar-refractivity contribution in [3.05, 3.63) is 47.8 Å². The Morgan fingerprint density at radius 1 is 1.00 bits per heavy atom. The lowest BCUT2D eigenvalue weighted by molar-refractivity contribution is 1.16. The van der Waals surface area contributed by atoms with Gasteiger partial charge in [0.1, 0.15) is 0 Å². The van der Waals surface area contributed by atoms with Gasteiger partial charge >= 0.3 is 0 Å². The molecule has 0 unspecified atom stereocenters. The fourth-order valence-electron chi connectivity index (χ4n) is 2.09. The normalized spacial score (nSPS) is 11.3. The van der Waals surface area contributed by atoms with E-state index in [1.54, 1.807) is 0 Å². The number of aryl methyl sites for hydroxylation is 2. The zero-order valence-corrected chi connectivity index (χ0v) is 8.86. The van der Waals surface area contributed by atoms with Crippen LogP contribution in [0.2, 0.25) is 0 Å². The van der Waals surface area contributed by atoms with Crippen molar-refractivity contribution >= 4 is 16.6 Å². The average Bonchev–Trinajstić information content (AvgIpc) is 2.69. The summed E-state index contributed by atoms with van der Waals surface area (Å²) in [5.74, 6) is 0. The van der Waals surface area contributed by atoms with Crippen LogP contribution in [0.3, 0.4) is 0 Å². The fourth-order valence-corrected chi connectivity index (χ4v) is 2.09. The van der Waals surface area contributed by atoms with Gasteiger partial charge in [0.15, 0.2) is 0 Å². The summed E-state index contributed by atoms with van der Waals surface area (Å²) in [7, 11) is 0. The maximum absolute atomic E-state index is 4.65. The van der Waals surface area contributed by atoms with Gasteiger partial charge in [0.05, 0.1) is 22.2 Å². The maximum atomic E-state index is 4.65. The molecule has 3 aromatic rings. The van der Waals surface area contributed by atoms with Crippen molar-refractivity contribution in [2.45, 2.75) is 13.8 Å². The molecule has 2 heterocycles. The Morgan fingerprint density at radius 3 is 2.67 bits per heavy atom. The molecule has 0 aliphatic rings. The number of benzene rings is 1. The molecule has 0 saturated heterocycles. The lowest BCUT2D eigenvalue weighted by Crippen LogP contribution is -1.94. The average molecular weight is 196 g/mol. The topological polar surface area (TPSA) is 17.3 Å². The molecule has 0 bridgehead atoms. The van der Waals surface area contributed by atoms with E-state index >= 15 is 0 Å². The second kappa shape index (κ2) is 2.83. The van der Waals surface area contributed by atoms with Crippen LogP contribution in [-0.4, -0.2) is 9.38 Å². The maximum Gasteiger partial charge on any atom is 0.0903 e. The minimum atomic E-state index is 1.09. The zero-order chi connectivity index (χ0) is 10.4. The van der Waals surface area contributed by atoms with E-state index in [9.17, 15) is 0 Å². The Morgan fingerprint density at radius 2 is 1.80 bits per heavy atom. The predicted molar refractivity (Wildman–Crippen MR) is 62.2 cm³/mol. The highest BCUT2D eigenvalue weighted by molar-refractivity contribution is 5.82. The van der Waals surface area contributed by atoms with Crippen molar-refractivity contribution in [2.75, 3.05) is 0 Å². The monoisotopic (exact) mass is 196 g/mol. The first-order valence-corrected chi connectivity index (χ1v) is 5.10. The molecule has 2 nitrogen and oxygen atoms in total. The standard InChI is InChI=1S/C13H12N2/c1-9-5-3-6-12-13(9)14-10(2)11-7-4-8-15(11)12/h3-8H,1-2H3. The van der Waals surface area contributed by atoms with Gasteiger partial charge < -0.3 is 4.40 Å². The second-order valence-electron chi connectivity index (χ2n) is 3.90. The fraction of sp³-hybridized carbons (Fsp3) is 0.154. The number of para-hydroxylation sites is 1. The SMILES string of the molecule is Cc1cccc2c1nc(C)c1cccn12. The third kappa shape index (κ3) is 1.08. The van der Waals surface area contributed by atoms with Crippen LogP contribution >= 0.6 is 0 Å². The third-order valence-electron chi connectivity index (χ3n) is 2.87. The lowest BCUT2D eigenvalue weighted by atomic mass is 10.2. The van der Waals surface area contributed by atoms with E-state index in [1.165, 1.54) is 16.6 Å². The van der Waals surface area contributed by atoms with Crippen LogP contribution in [0, 0.1) is 13.8 Å². The largest absolute Gasteiger partial charge is 0.313 e. The summed E-state index contributed by atoms with van der Waals surface area (Å²) >= 11 is 0. The van der Waals surface area contributed by atoms with Gasteiger partial charge in [0, 0.05) is 6.20 Å². The molecule has 0 saturated carbocycles. The van der Waals surface area contributed by atoms with E-state index in [4.69, 9.17) is 0 Å². The van der Waals surface area contributed by atoms with E-state index in [1.807, 2.05) is 0 Å². The number of nitrogens with zero attached hydrogens (tertiary/aromatic N) is 2. The number of hydrogen-bond donors (Lipinski definition) is 0. The molecule has 74 valence electrons. The Labute approximate surface area is 88.2 Å². The first-order valence-electron chi connectivity index (χ1n) is 5.10. The smallest absolute Gasteiger partial charge is 0.0903 e. The van der Waals surface area contributed by atoms with Gasteiger partial charge in [-0.05, 0) is 37.6 Å². The Hall–Kier alpha value is -1.83. The van der Waals surface area contributed by atoms with Crippen LogP contribution < -0.4 is 0 Å². The Balaban J connectivity index is 2.66. The highest BCUT2D eigenvalue weighted by atomic mass is 14.9. The summed E-state index contributed by atoms with van der Waals surface area (Å²) in [5.41, 5.74) is 5.78. The summed E-state index contributed by atoms with van der Waals surface area (Å²) in [6, 6.07) is 10.5. The second-order valence-corrected chi connectivity index (χ2v) is 3.90. The van der Waals surface area contributed by atoms with Crippen molar-refractivity contribution in [1.29, 1.82) is 0 Å². The minimum absolute atomic E-state index is 1.09. The van der Waals surface area contributed by atoms with Crippen LogP contribution in [0.5, 0.6) is 0 Å². The van der Waals surface area contributed by atoms with E-state index in [2.05, 4.69) is 59.8 Å². The molecule has 0 fully saturated rings. The van der Waals surface area contributed by atoms with Gasteiger partial charge in [0.2, 0.25) is 0 Å². The molecule has 1 aromatic carbocycles. The summed E-state index contributed by atoms with van der Waals surface area (Å²) in [6.45, 7) is 4.16. The number of rotatable bonds is 0. The molecule has 2 aromatic heterocycles. The van der Waals surface area contributed by atoms with Gasteiger partial charge in [-0.15, -0.1) is 0 Å². The molecule has 3 rings (SSSR count). The molecule has 0 radical (unpaired) electrons. The molecule has 0 amide bonds. The van der Waals surface area contributed by atoms with Gasteiger partial charge in [-0.2, -0.15) is 0 Å². The van der Waals surface area contributed by atoms with Crippen molar-refractivity contribution in [1.82, 2.24) is 9.38 Å². The summed E-state index contributed by atoms with van der Waals surface area (Å²) < 4.78 is 2.20. The van der Waals surface area contributed by atoms with Crippen LogP contribution in [0.1, 0.15) is 11.3 Å². The molecule has 0 N–H and O–H groups in total. The molecular weight excluding hydrogens is 184 g/mol. The van der Waals surface area contributed by atoms with E-state index in [-0.39, 0.29) is 0 Å². The van der Waals surface area contributed by atoms with Gasteiger partial charge in [0.25, 0.3) is 0 Å². The van der Waals surface area contributed by atoms with Crippen LogP contribution in [0.4, 0.5) is 0 Å².